The van der Waals surface area contributed by atoms with Crippen LogP contribution in [0.25, 0.3) is 0 Å². The topological polar surface area (TPSA) is 71.2 Å². The quantitative estimate of drug-likeness (QED) is 0.670. The van der Waals surface area contributed by atoms with Crippen LogP contribution in [0.4, 0.5) is 20.3 Å². The lowest BCUT2D eigenvalue weighted by molar-refractivity contribution is 0.0984. The number of hydrogen-bond donors (Lipinski definition) is 2. The Morgan fingerprint density at radius 2 is 2.14 bits per heavy atom. The Morgan fingerprint density at radius 1 is 1.38 bits per heavy atom. The van der Waals surface area contributed by atoms with Gasteiger partial charge >= 0.3 is 0 Å². The third kappa shape index (κ3) is 2.97. The number of nitrogens with two attached hydrogens (primary N) is 1. The SMILES string of the molecule is CCN(C(=O)c1ccnc(NN)c1F)c1cccc(F)c1. The molecular weight excluding hydrogens is 278 g/mol. The summed E-state index contributed by atoms with van der Waals surface area (Å²) in [5.74, 6) is 2.99. The average molecular weight is 292 g/mol. The van der Waals surface area contributed by atoms with Gasteiger partial charge in [-0.3, -0.25) is 4.79 Å². The fourth-order valence-corrected chi connectivity index (χ4v) is 1.94. The number of carbonyl (C=O) groups excluding carboxylic acids is 1. The van der Waals surface area contributed by atoms with Crippen LogP contribution in [0.15, 0.2) is 36.5 Å². The van der Waals surface area contributed by atoms with Gasteiger partial charge in [0.2, 0.25) is 0 Å². The number of rotatable bonds is 4. The van der Waals surface area contributed by atoms with Gasteiger partial charge in [0, 0.05) is 18.4 Å². The van der Waals surface area contributed by atoms with Crippen LogP contribution in [0.3, 0.4) is 0 Å². The number of anilines is 2. The first-order valence-corrected chi connectivity index (χ1v) is 6.27. The molecule has 0 aliphatic heterocycles. The molecule has 1 aromatic heterocycles. The minimum absolute atomic E-state index is 0.191. The summed E-state index contributed by atoms with van der Waals surface area (Å²) >= 11 is 0. The second-order valence-corrected chi connectivity index (χ2v) is 4.19. The van der Waals surface area contributed by atoms with E-state index in [9.17, 15) is 13.6 Å². The lowest BCUT2D eigenvalue weighted by Gasteiger charge is -2.21. The highest BCUT2D eigenvalue weighted by atomic mass is 19.1. The molecule has 0 saturated carbocycles. The summed E-state index contributed by atoms with van der Waals surface area (Å²) in [6.45, 7) is 1.97. The van der Waals surface area contributed by atoms with E-state index in [1.165, 1.54) is 35.4 Å². The molecule has 1 amide bonds. The highest BCUT2D eigenvalue weighted by Crippen LogP contribution is 2.21. The molecule has 0 fully saturated rings. The number of nitrogens with zero attached hydrogens (tertiary/aromatic N) is 2. The van der Waals surface area contributed by atoms with E-state index in [0.717, 1.165) is 0 Å². The lowest BCUT2D eigenvalue weighted by atomic mass is 10.2. The summed E-state index contributed by atoms with van der Waals surface area (Å²) in [6, 6.07) is 6.79. The van der Waals surface area contributed by atoms with Crippen molar-refractivity contribution in [3.63, 3.8) is 0 Å². The normalized spacial score (nSPS) is 10.3. The molecule has 2 rings (SSSR count). The van der Waals surface area contributed by atoms with Crippen LogP contribution in [0.5, 0.6) is 0 Å². The Morgan fingerprint density at radius 3 is 2.76 bits per heavy atom. The molecule has 0 radical (unpaired) electrons. The molecule has 7 heteroatoms. The van der Waals surface area contributed by atoms with Gasteiger partial charge in [-0.15, -0.1) is 0 Å². The summed E-state index contributed by atoms with van der Waals surface area (Å²) in [5.41, 5.74) is 2.24. The fourth-order valence-electron chi connectivity index (χ4n) is 1.94. The molecule has 3 N–H and O–H groups in total. The van der Waals surface area contributed by atoms with Gasteiger partial charge in [0.05, 0.1) is 5.56 Å². The molecule has 0 spiro atoms. The van der Waals surface area contributed by atoms with Crippen LogP contribution < -0.4 is 16.2 Å². The summed E-state index contributed by atoms with van der Waals surface area (Å²) in [5, 5.41) is 0. The molecule has 5 nitrogen and oxygen atoms in total. The van der Waals surface area contributed by atoms with Crippen molar-refractivity contribution >= 4 is 17.4 Å². The zero-order valence-electron chi connectivity index (χ0n) is 11.3. The third-order valence-corrected chi connectivity index (χ3v) is 2.94. The Labute approximate surface area is 120 Å². The molecule has 0 saturated heterocycles. The minimum atomic E-state index is -0.847. The molecule has 0 atom stereocenters. The zero-order valence-corrected chi connectivity index (χ0v) is 11.3. The smallest absolute Gasteiger partial charge is 0.261 e. The molecule has 2 aromatic rings. The number of aromatic nitrogens is 1. The van der Waals surface area contributed by atoms with Crippen molar-refractivity contribution < 1.29 is 13.6 Å². The maximum absolute atomic E-state index is 14.1. The molecule has 0 aliphatic carbocycles. The Kier molecular flexibility index (Phi) is 4.44. The van der Waals surface area contributed by atoms with E-state index >= 15 is 0 Å². The predicted molar refractivity (Wildman–Crippen MR) is 75.8 cm³/mol. The molecule has 0 bridgehead atoms. The summed E-state index contributed by atoms with van der Waals surface area (Å²) in [4.78, 5) is 17.4. The van der Waals surface area contributed by atoms with Crippen molar-refractivity contribution in [3.05, 3.63) is 53.7 Å². The maximum Gasteiger partial charge on any atom is 0.261 e. The molecule has 21 heavy (non-hydrogen) atoms. The van der Waals surface area contributed by atoms with Gasteiger partial charge in [-0.1, -0.05) is 6.07 Å². The number of halogens is 2. The molecule has 1 aromatic carbocycles. The fraction of sp³-hybridized carbons (Fsp3) is 0.143. The summed E-state index contributed by atoms with van der Waals surface area (Å²) < 4.78 is 27.4. The van der Waals surface area contributed by atoms with Crippen molar-refractivity contribution in [3.8, 4) is 0 Å². The standard InChI is InChI=1S/C14H14F2N4O/c1-2-20(10-5-3-4-9(15)8-10)14(21)11-6-7-18-13(19-17)12(11)16/h3-8H,2,17H2,1H3,(H,18,19). The Hall–Kier alpha value is -2.54. The van der Waals surface area contributed by atoms with E-state index in [4.69, 9.17) is 5.84 Å². The molecular formula is C14H14F2N4O. The summed E-state index contributed by atoms with van der Waals surface area (Å²) in [6.07, 6.45) is 1.27. The number of hydrazine groups is 1. The van der Waals surface area contributed by atoms with Crippen LogP contribution in [0, 0.1) is 11.6 Å². The minimum Gasteiger partial charge on any atom is -0.308 e. The van der Waals surface area contributed by atoms with Crippen LogP contribution in [0.1, 0.15) is 17.3 Å². The Balaban J connectivity index is 2.42. The number of pyridine rings is 1. The molecule has 1 heterocycles. The van der Waals surface area contributed by atoms with Gasteiger partial charge in [-0.05, 0) is 31.2 Å². The van der Waals surface area contributed by atoms with E-state index in [1.54, 1.807) is 13.0 Å². The van der Waals surface area contributed by atoms with Gasteiger partial charge in [0.15, 0.2) is 11.6 Å². The first-order valence-electron chi connectivity index (χ1n) is 6.27. The van der Waals surface area contributed by atoms with Crippen LogP contribution in [0.2, 0.25) is 0 Å². The number of benzene rings is 1. The lowest BCUT2D eigenvalue weighted by Crippen LogP contribution is -2.31. The van der Waals surface area contributed by atoms with Crippen LogP contribution in [-0.2, 0) is 0 Å². The first kappa shape index (κ1) is 14.9. The van der Waals surface area contributed by atoms with Gasteiger partial charge in [0.1, 0.15) is 5.82 Å². The number of amides is 1. The number of nitrogen functional groups attached to an aromatic ring is 1. The van der Waals surface area contributed by atoms with Crippen molar-refractivity contribution in [1.82, 2.24) is 4.98 Å². The van der Waals surface area contributed by atoms with Gasteiger partial charge in [0.25, 0.3) is 5.91 Å². The van der Waals surface area contributed by atoms with Crippen molar-refractivity contribution in [2.24, 2.45) is 5.84 Å². The predicted octanol–water partition coefficient (Wildman–Crippen LogP) is 2.31. The van der Waals surface area contributed by atoms with Crippen LogP contribution in [-0.4, -0.2) is 17.4 Å². The van der Waals surface area contributed by atoms with E-state index in [0.29, 0.717) is 5.69 Å². The van der Waals surface area contributed by atoms with Gasteiger partial charge < -0.3 is 10.3 Å². The molecule has 110 valence electrons. The summed E-state index contributed by atoms with van der Waals surface area (Å²) in [7, 11) is 0. The second kappa shape index (κ2) is 6.27. The van der Waals surface area contributed by atoms with E-state index in [1.807, 2.05) is 0 Å². The van der Waals surface area contributed by atoms with E-state index in [-0.39, 0.29) is 17.9 Å². The van der Waals surface area contributed by atoms with E-state index < -0.39 is 17.5 Å². The number of carbonyl (C=O) groups is 1. The van der Waals surface area contributed by atoms with Gasteiger partial charge in [-0.2, -0.15) is 0 Å². The number of nitrogens with one attached hydrogen (secondary N) is 1. The molecule has 0 unspecified atom stereocenters. The third-order valence-electron chi connectivity index (χ3n) is 2.94. The Bertz CT molecular complexity index is 663. The first-order chi connectivity index (χ1) is 10.1. The highest BCUT2D eigenvalue weighted by molar-refractivity contribution is 6.06. The molecule has 0 aliphatic rings. The van der Waals surface area contributed by atoms with Gasteiger partial charge in [-0.25, -0.2) is 19.6 Å². The van der Waals surface area contributed by atoms with Crippen molar-refractivity contribution in [1.29, 1.82) is 0 Å². The van der Waals surface area contributed by atoms with Crippen molar-refractivity contribution in [2.75, 3.05) is 16.9 Å². The van der Waals surface area contributed by atoms with E-state index in [2.05, 4.69) is 10.4 Å². The second-order valence-electron chi connectivity index (χ2n) is 4.19. The highest BCUT2D eigenvalue weighted by Gasteiger charge is 2.22. The maximum atomic E-state index is 14.1. The zero-order chi connectivity index (χ0) is 15.4. The average Bonchev–Trinajstić information content (AvgIpc) is 2.48. The van der Waals surface area contributed by atoms with Crippen LogP contribution >= 0.6 is 0 Å². The largest absolute Gasteiger partial charge is 0.308 e. The monoisotopic (exact) mass is 292 g/mol. The number of hydrogen-bond acceptors (Lipinski definition) is 4. The van der Waals surface area contributed by atoms with Crippen molar-refractivity contribution in [2.45, 2.75) is 6.92 Å².